The molecule has 2 aromatic carbocycles. The van der Waals surface area contributed by atoms with Gasteiger partial charge in [-0.3, -0.25) is 4.79 Å². The number of benzene rings is 2. The highest BCUT2D eigenvalue weighted by molar-refractivity contribution is 7.17. The number of aromatic nitrogens is 2. The zero-order chi connectivity index (χ0) is 19.5. The lowest BCUT2D eigenvalue weighted by molar-refractivity contribution is 0.0950. The molecule has 2 heterocycles. The van der Waals surface area contributed by atoms with Crippen LogP contribution in [0.2, 0.25) is 0 Å². The molecule has 0 aliphatic rings. The molecule has 140 valence electrons. The zero-order valence-corrected chi connectivity index (χ0v) is 17.4. The van der Waals surface area contributed by atoms with Crippen LogP contribution in [0.4, 0.5) is 0 Å². The van der Waals surface area contributed by atoms with Crippen LogP contribution in [0.1, 0.15) is 31.5 Å². The van der Waals surface area contributed by atoms with Crippen molar-refractivity contribution in [3.8, 4) is 0 Å². The number of carbonyl (C=O) groups is 1. The summed E-state index contributed by atoms with van der Waals surface area (Å²) in [4.78, 5) is 12.3. The van der Waals surface area contributed by atoms with E-state index in [1.54, 1.807) is 11.3 Å². The molecule has 0 atom stereocenters. The molecule has 0 fully saturated rings. The van der Waals surface area contributed by atoms with E-state index in [4.69, 9.17) is 11.6 Å². The Morgan fingerprint density at radius 1 is 1.11 bits per heavy atom. The van der Waals surface area contributed by atoms with E-state index in [9.17, 15) is 4.79 Å². The summed E-state index contributed by atoms with van der Waals surface area (Å²) < 4.78 is 1.20. The average molecular weight is 426 g/mol. The molecule has 0 bridgehead atoms. The lowest BCUT2D eigenvalue weighted by Crippen LogP contribution is -2.22. The van der Waals surface area contributed by atoms with Crippen LogP contribution >= 0.6 is 34.3 Å². The van der Waals surface area contributed by atoms with Gasteiger partial charge in [-0.25, -0.2) is 0 Å². The normalized spacial score (nSPS) is 11.7. The fraction of sp³-hybridized carbons (Fsp3) is 0.0952. The molecule has 1 amide bonds. The van der Waals surface area contributed by atoms with Gasteiger partial charge < -0.3 is 5.32 Å². The van der Waals surface area contributed by atoms with Gasteiger partial charge in [-0.1, -0.05) is 71.0 Å². The second kappa shape index (κ2) is 8.22. The van der Waals surface area contributed by atoms with Crippen LogP contribution in [0.3, 0.4) is 0 Å². The minimum atomic E-state index is -0.255. The Kier molecular flexibility index (Phi) is 5.52. The maximum atomic E-state index is 12.3. The monoisotopic (exact) mass is 425 g/mol. The Bertz CT molecular complexity index is 1160. The van der Waals surface area contributed by atoms with Gasteiger partial charge in [-0.05, 0) is 41.0 Å². The first-order valence-corrected chi connectivity index (χ1v) is 10.7. The lowest BCUT2D eigenvalue weighted by atomic mass is 10.1. The smallest absolute Gasteiger partial charge is 0.282 e. The van der Waals surface area contributed by atoms with Gasteiger partial charge in [0, 0.05) is 11.2 Å². The first kappa shape index (κ1) is 18.8. The summed E-state index contributed by atoms with van der Waals surface area (Å²) in [5, 5.41) is 15.4. The maximum Gasteiger partial charge on any atom is 0.282 e. The molecule has 0 saturated carbocycles. The molecule has 0 saturated heterocycles. The van der Waals surface area contributed by atoms with Gasteiger partial charge in [0.15, 0.2) is 5.01 Å². The van der Waals surface area contributed by atoms with E-state index in [-0.39, 0.29) is 5.91 Å². The van der Waals surface area contributed by atoms with Crippen molar-refractivity contribution < 1.29 is 4.79 Å². The van der Waals surface area contributed by atoms with Gasteiger partial charge >= 0.3 is 0 Å². The average Bonchev–Trinajstić information content (AvgIpc) is 3.35. The lowest BCUT2D eigenvalue weighted by Gasteiger charge is -2.03. The Labute approximate surface area is 175 Å². The molecule has 7 heteroatoms. The molecular formula is C21H16ClN3OS2. The molecule has 0 aliphatic carbocycles. The molecule has 4 nitrogen and oxygen atoms in total. The fourth-order valence-corrected chi connectivity index (χ4v) is 4.54. The number of thiophene rings is 1. The van der Waals surface area contributed by atoms with Crippen LogP contribution in [0, 0.1) is 6.92 Å². The van der Waals surface area contributed by atoms with E-state index in [1.165, 1.54) is 21.6 Å². The zero-order valence-electron chi connectivity index (χ0n) is 15.0. The summed E-state index contributed by atoms with van der Waals surface area (Å²) in [5.74, 6) is -0.255. The van der Waals surface area contributed by atoms with Crippen LogP contribution in [-0.2, 0) is 6.54 Å². The number of carbonyl (C=O) groups excluding carboxylic acids is 1. The summed E-state index contributed by atoms with van der Waals surface area (Å²) in [6, 6.07) is 16.2. The van der Waals surface area contributed by atoms with Crippen molar-refractivity contribution in [2.75, 3.05) is 0 Å². The summed E-state index contributed by atoms with van der Waals surface area (Å²) in [6.07, 6.45) is 1.87. The molecule has 0 aliphatic heterocycles. The first-order valence-electron chi connectivity index (χ1n) is 8.61. The summed E-state index contributed by atoms with van der Waals surface area (Å²) in [7, 11) is 0. The van der Waals surface area contributed by atoms with E-state index in [0.717, 1.165) is 16.5 Å². The topological polar surface area (TPSA) is 54.9 Å². The highest BCUT2D eigenvalue weighted by Gasteiger charge is 2.15. The van der Waals surface area contributed by atoms with Crippen molar-refractivity contribution in [1.29, 1.82) is 0 Å². The molecule has 4 rings (SSSR count). The molecule has 0 spiro atoms. The van der Waals surface area contributed by atoms with Crippen LogP contribution in [-0.4, -0.2) is 16.1 Å². The predicted molar refractivity (Wildman–Crippen MR) is 118 cm³/mol. The van der Waals surface area contributed by atoms with Gasteiger partial charge in [-0.2, -0.15) is 0 Å². The van der Waals surface area contributed by atoms with Gasteiger partial charge in [0.1, 0.15) is 0 Å². The van der Waals surface area contributed by atoms with Gasteiger partial charge in [-0.15, -0.1) is 21.5 Å². The molecule has 0 unspecified atom stereocenters. The number of nitrogens with one attached hydrogen (secondary N) is 1. The number of rotatable bonds is 5. The Balaban J connectivity index is 1.47. The molecular weight excluding hydrogens is 410 g/mol. The SMILES string of the molecule is Cc1ccc(CNC(=O)c2nnc(C(Cl)=Cc3csc4ccccc34)s2)cc1. The number of fused-ring (bicyclic) bond motifs is 1. The molecule has 1 N–H and O–H groups in total. The predicted octanol–water partition coefficient (Wildman–Crippen LogP) is 5.73. The standard InChI is InChI=1S/C21H16ClN3OS2/c1-13-6-8-14(9-7-13)11-23-19(26)21-25-24-20(28-21)17(22)10-15-12-27-18-5-3-2-4-16(15)18/h2-10,12H,11H2,1H3,(H,23,26). The third kappa shape index (κ3) is 4.14. The highest BCUT2D eigenvalue weighted by Crippen LogP contribution is 2.31. The van der Waals surface area contributed by atoms with Gasteiger partial charge in [0.05, 0.1) is 5.03 Å². The van der Waals surface area contributed by atoms with Crippen molar-refractivity contribution in [2.24, 2.45) is 0 Å². The molecule has 4 aromatic rings. The second-order valence-corrected chi connectivity index (χ2v) is 8.56. The number of hydrogen-bond donors (Lipinski definition) is 1. The van der Waals surface area contributed by atoms with E-state index in [2.05, 4.69) is 33.0 Å². The van der Waals surface area contributed by atoms with Crippen molar-refractivity contribution in [2.45, 2.75) is 13.5 Å². The third-order valence-electron chi connectivity index (χ3n) is 4.19. The largest absolute Gasteiger partial charge is 0.346 e. The number of hydrogen-bond acceptors (Lipinski definition) is 5. The molecule has 28 heavy (non-hydrogen) atoms. The fourth-order valence-electron chi connectivity index (χ4n) is 2.68. The van der Waals surface area contributed by atoms with Crippen molar-refractivity contribution >= 4 is 61.4 Å². The first-order chi connectivity index (χ1) is 13.6. The molecule has 0 radical (unpaired) electrons. The summed E-state index contributed by atoms with van der Waals surface area (Å²) in [6.45, 7) is 2.47. The van der Waals surface area contributed by atoms with E-state index in [1.807, 2.05) is 49.4 Å². The maximum absolute atomic E-state index is 12.3. The number of nitrogens with zero attached hydrogens (tertiary/aromatic N) is 2. The summed E-state index contributed by atoms with van der Waals surface area (Å²) in [5.41, 5.74) is 3.25. The van der Waals surface area contributed by atoms with Gasteiger partial charge in [0.2, 0.25) is 5.01 Å². The quantitative estimate of drug-likeness (QED) is 0.444. The Morgan fingerprint density at radius 2 is 1.86 bits per heavy atom. The second-order valence-electron chi connectivity index (χ2n) is 6.26. The van der Waals surface area contributed by atoms with Crippen LogP contribution in [0.5, 0.6) is 0 Å². The van der Waals surface area contributed by atoms with Crippen molar-refractivity contribution in [1.82, 2.24) is 15.5 Å². The Morgan fingerprint density at radius 3 is 2.68 bits per heavy atom. The summed E-state index contributed by atoms with van der Waals surface area (Å²) >= 11 is 9.30. The van der Waals surface area contributed by atoms with Gasteiger partial charge in [0.25, 0.3) is 5.91 Å². The number of aryl methyl sites for hydroxylation is 1. The highest BCUT2D eigenvalue weighted by atomic mass is 35.5. The number of amides is 1. The number of halogens is 1. The van der Waals surface area contributed by atoms with Crippen LogP contribution in [0.25, 0.3) is 21.2 Å². The van der Waals surface area contributed by atoms with E-state index in [0.29, 0.717) is 21.6 Å². The van der Waals surface area contributed by atoms with Crippen molar-refractivity contribution in [3.63, 3.8) is 0 Å². The minimum Gasteiger partial charge on any atom is -0.346 e. The van der Waals surface area contributed by atoms with Crippen molar-refractivity contribution in [3.05, 3.63) is 80.6 Å². The van der Waals surface area contributed by atoms with E-state index >= 15 is 0 Å². The minimum absolute atomic E-state index is 0.255. The van der Waals surface area contributed by atoms with Crippen LogP contribution < -0.4 is 5.32 Å². The van der Waals surface area contributed by atoms with Crippen LogP contribution in [0.15, 0.2) is 53.9 Å². The molecule has 2 aromatic heterocycles. The Hall–Kier alpha value is -2.54. The third-order valence-corrected chi connectivity index (χ3v) is 6.53. The van der Waals surface area contributed by atoms with E-state index < -0.39 is 0 Å².